The van der Waals surface area contributed by atoms with Crippen LogP contribution in [0.25, 0.3) is 11.3 Å². The molecule has 1 aliphatic heterocycles. The highest BCUT2D eigenvalue weighted by Gasteiger charge is 2.25. The van der Waals surface area contributed by atoms with Crippen molar-refractivity contribution in [2.45, 2.75) is 13.8 Å². The Morgan fingerprint density at radius 2 is 1.71 bits per heavy atom. The predicted molar refractivity (Wildman–Crippen MR) is 107 cm³/mol. The lowest BCUT2D eigenvalue weighted by Crippen LogP contribution is -2.49. The maximum atomic E-state index is 13.1. The Labute approximate surface area is 166 Å². The van der Waals surface area contributed by atoms with Crippen LogP contribution in [0.15, 0.2) is 36.4 Å². The molecule has 0 bridgehead atoms. The molecule has 1 amide bonds. The zero-order valence-corrected chi connectivity index (χ0v) is 16.5. The smallest absolute Gasteiger partial charge is 0.265 e. The van der Waals surface area contributed by atoms with Gasteiger partial charge in [-0.1, -0.05) is 0 Å². The average Bonchev–Trinajstić information content (AvgIpc) is 3.06. The fraction of sp³-hybridized carbons (Fsp3) is 0.300. The SMILES string of the molecule is Cc1nc(C)c(C(=O)N2CCN(c3ccc(-c4ccc(F)cc4)nn3)CC2)s1. The normalized spacial score (nSPS) is 14.4. The van der Waals surface area contributed by atoms with Crippen LogP contribution in [0, 0.1) is 19.7 Å². The van der Waals surface area contributed by atoms with Gasteiger partial charge in [-0.3, -0.25) is 4.79 Å². The van der Waals surface area contributed by atoms with Crippen molar-refractivity contribution < 1.29 is 9.18 Å². The molecule has 8 heteroatoms. The highest BCUT2D eigenvalue weighted by molar-refractivity contribution is 7.13. The molecule has 28 heavy (non-hydrogen) atoms. The van der Waals surface area contributed by atoms with Gasteiger partial charge in [-0.25, -0.2) is 9.37 Å². The third kappa shape index (κ3) is 3.73. The van der Waals surface area contributed by atoms with Crippen molar-refractivity contribution in [2.24, 2.45) is 0 Å². The van der Waals surface area contributed by atoms with E-state index in [1.54, 1.807) is 12.1 Å². The molecule has 0 unspecified atom stereocenters. The molecule has 4 rings (SSSR count). The number of benzene rings is 1. The van der Waals surface area contributed by atoms with Crippen molar-refractivity contribution in [1.82, 2.24) is 20.1 Å². The first kappa shape index (κ1) is 18.5. The van der Waals surface area contributed by atoms with E-state index in [0.29, 0.717) is 31.9 Å². The first-order chi connectivity index (χ1) is 13.5. The van der Waals surface area contributed by atoms with Gasteiger partial charge in [-0.2, -0.15) is 0 Å². The van der Waals surface area contributed by atoms with Crippen molar-refractivity contribution in [3.8, 4) is 11.3 Å². The third-order valence-corrected chi connectivity index (χ3v) is 5.84. The summed E-state index contributed by atoms with van der Waals surface area (Å²) in [6, 6.07) is 10.00. The van der Waals surface area contributed by atoms with Crippen LogP contribution in [0.5, 0.6) is 0 Å². The van der Waals surface area contributed by atoms with Gasteiger partial charge in [-0.15, -0.1) is 21.5 Å². The average molecular weight is 397 g/mol. The molecule has 1 aromatic carbocycles. The Kier molecular flexibility index (Phi) is 5.04. The minimum absolute atomic E-state index is 0.0560. The van der Waals surface area contributed by atoms with Gasteiger partial charge in [0.2, 0.25) is 0 Å². The molecule has 6 nitrogen and oxygen atoms in total. The van der Waals surface area contributed by atoms with Gasteiger partial charge in [0.25, 0.3) is 5.91 Å². The molecule has 1 saturated heterocycles. The van der Waals surface area contributed by atoms with E-state index in [1.165, 1.54) is 23.5 Å². The zero-order valence-electron chi connectivity index (χ0n) is 15.7. The molecule has 0 saturated carbocycles. The molecule has 0 atom stereocenters. The number of halogens is 1. The number of aryl methyl sites for hydroxylation is 2. The number of rotatable bonds is 3. The monoisotopic (exact) mass is 397 g/mol. The van der Waals surface area contributed by atoms with Gasteiger partial charge >= 0.3 is 0 Å². The van der Waals surface area contributed by atoms with Crippen LogP contribution in [0.4, 0.5) is 10.2 Å². The van der Waals surface area contributed by atoms with E-state index in [-0.39, 0.29) is 11.7 Å². The van der Waals surface area contributed by atoms with Gasteiger partial charge in [0.15, 0.2) is 5.82 Å². The summed E-state index contributed by atoms with van der Waals surface area (Å²) in [6.45, 7) is 6.47. The van der Waals surface area contributed by atoms with Crippen LogP contribution in [0.1, 0.15) is 20.4 Å². The summed E-state index contributed by atoms with van der Waals surface area (Å²) in [6.07, 6.45) is 0. The highest BCUT2D eigenvalue weighted by Crippen LogP contribution is 2.22. The molecule has 0 radical (unpaired) electrons. The molecular formula is C20H20FN5OS. The lowest BCUT2D eigenvalue weighted by atomic mass is 10.1. The first-order valence-electron chi connectivity index (χ1n) is 9.09. The van der Waals surface area contributed by atoms with Crippen molar-refractivity contribution in [1.29, 1.82) is 0 Å². The molecule has 144 valence electrons. The summed E-state index contributed by atoms with van der Waals surface area (Å²) < 4.78 is 13.1. The molecule has 3 aromatic rings. The van der Waals surface area contributed by atoms with Crippen LogP contribution in [-0.4, -0.2) is 52.2 Å². The highest BCUT2D eigenvalue weighted by atomic mass is 32.1. The van der Waals surface area contributed by atoms with Crippen LogP contribution in [0.2, 0.25) is 0 Å². The standard InChI is InChI=1S/C20H20FN5OS/c1-13-19(28-14(2)22-13)20(27)26-11-9-25(10-12-26)18-8-7-17(23-24-18)15-3-5-16(21)6-4-15/h3-8H,9-12H2,1-2H3. The van der Waals surface area contributed by atoms with Crippen LogP contribution >= 0.6 is 11.3 Å². The number of hydrogen-bond acceptors (Lipinski definition) is 6. The lowest BCUT2D eigenvalue weighted by molar-refractivity contribution is 0.0750. The number of anilines is 1. The number of piperazine rings is 1. The molecule has 0 N–H and O–H groups in total. The summed E-state index contributed by atoms with van der Waals surface area (Å²) in [7, 11) is 0. The summed E-state index contributed by atoms with van der Waals surface area (Å²) in [4.78, 5) is 21.8. The van der Waals surface area contributed by atoms with E-state index in [4.69, 9.17) is 0 Å². The topological polar surface area (TPSA) is 62.2 Å². The maximum absolute atomic E-state index is 13.1. The second-order valence-corrected chi connectivity index (χ2v) is 7.91. The molecule has 1 aliphatic rings. The number of carbonyl (C=O) groups is 1. The number of amides is 1. The third-order valence-electron chi connectivity index (χ3n) is 4.78. The maximum Gasteiger partial charge on any atom is 0.265 e. The van der Waals surface area contributed by atoms with Gasteiger partial charge < -0.3 is 9.80 Å². The zero-order chi connectivity index (χ0) is 19.7. The Bertz CT molecular complexity index is 979. The number of hydrogen-bond donors (Lipinski definition) is 0. The number of nitrogens with zero attached hydrogens (tertiary/aromatic N) is 5. The van der Waals surface area contributed by atoms with Crippen molar-refractivity contribution >= 4 is 23.1 Å². The minimum Gasteiger partial charge on any atom is -0.352 e. The second-order valence-electron chi connectivity index (χ2n) is 6.71. The van der Waals surface area contributed by atoms with E-state index in [9.17, 15) is 9.18 Å². The fourth-order valence-electron chi connectivity index (χ4n) is 3.28. The van der Waals surface area contributed by atoms with E-state index >= 15 is 0 Å². The van der Waals surface area contributed by atoms with Crippen LogP contribution in [0.3, 0.4) is 0 Å². The Balaban J connectivity index is 1.40. The Hall–Kier alpha value is -2.87. The van der Waals surface area contributed by atoms with Crippen LogP contribution in [-0.2, 0) is 0 Å². The van der Waals surface area contributed by atoms with E-state index < -0.39 is 0 Å². The molecule has 0 spiro atoms. The predicted octanol–water partition coefficient (Wildman–Crippen LogP) is 3.32. The van der Waals surface area contributed by atoms with Crippen molar-refractivity contribution in [2.75, 3.05) is 31.1 Å². The Morgan fingerprint density at radius 3 is 2.29 bits per heavy atom. The van der Waals surface area contributed by atoms with E-state index in [2.05, 4.69) is 20.1 Å². The van der Waals surface area contributed by atoms with Crippen molar-refractivity contribution in [3.63, 3.8) is 0 Å². The number of aromatic nitrogens is 3. The van der Waals surface area contributed by atoms with Gasteiger partial charge in [0, 0.05) is 31.7 Å². The quantitative estimate of drug-likeness (QED) is 0.679. The summed E-state index contributed by atoms with van der Waals surface area (Å²) in [5.41, 5.74) is 2.33. The van der Waals surface area contributed by atoms with Gasteiger partial charge in [-0.05, 0) is 50.2 Å². The largest absolute Gasteiger partial charge is 0.352 e. The molecule has 1 fully saturated rings. The lowest BCUT2D eigenvalue weighted by Gasteiger charge is -2.35. The van der Waals surface area contributed by atoms with Crippen LogP contribution < -0.4 is 4.90 Å². The Morgan fingerprint density at radius 1 is 1.00 bits per heavy atom. The summed E-state index contributed by atoms with van der Waals surface area (Å²) in [5.74, 6) is 0.563. The van der Waals surface area contributed by atoms with Gasteiger partial charge in [0.1, 0.15) is 10.7 Å². The molecule has 3 heterocycles. The first-order valence-corrected chi connectivity index (χ1v) is 9.91. The summed E-state index contributed by atoms with van der Waals surface area (Å²) in [5, 5.41) is 9.50. The van der Waals surface area contributed by atoms with E-state index in [1.807, 2.05) is 30.9 Å². The molecule has 2 aromatic heterocycles. The molecular weight excluding hydrogens is 377 g/mol. The molecule has 0 aliphatic carbocycles. The second kappa shape index (κ2) is 7.63. The van der Waals surface area contributed by atoms with Gasteiger partial charge in [0.05, 0.1) is 16.4 Å². The van der Waals surface area contributed by atoms with E-state index in [0.717, 1.165) is 27.0 Å². The summed E-state index contributed by atoms with van der Waals surface area (Å²) >= 11 is 1.45. The fourth-order valence-corrected chi connectivity index (χ4v) is 4.17. The van der Waals surface area contributed by atoms with Crippen molar-refractivity contribution in [3.05, 3.63) is 57.8 Å². The number of thiazole rings is 1. The number of carbonyl (C=O) groups excluding carboxylic acids is 1. The minimum atomic E-state index is -0.274.